The van der Waals surface area contributed by atoms with Gasteiger partial charge in [-0.25, -0.2) is 0 Å². The SMILES string of the molecule is CCc1cc(C=NCCCCCCCCCCCCCCCCCc2ccccc2)oc1CC. The Morgan fingerprint density at radius 2 is 1.18 bits per heavy atom. The van der Waals surface area contributed by atoms with Crippen molar-refractivity contribution in [2.24, 2.45) is 4.99 Å². The van der Waals surface area contributed by atoms with Crippen molar-refractivity contribution in [3.8, 4) is 0 Å². The van der Waals surface area contributed by atoms with E-state index in [0.717, 1.165) is 30.9 Å². The third-order valence-corrected chi connectivity index (χ3v) is 6.93. The maximum Gasteiger partial charge on any atom is 0.145 e. The van der Waals surface area contributed by atoms with E-state index < -0.39 is 0 Å². The lowest BCUT2D eigenvalue weighted by atomic mass is 10.0. The van der Waals surface area contributed by atoms with E-state index in [0.29, 0.717) is 0 Å². The molecule has 0 unspecified atom stereocenters. The molecule has 0 aliphatic carbocycles. The number of aliphatic imine (C=N–C) groups is 1. The molecule has 0 saturated heterocycles. The second-order valence-electron chi connectivity index (χ2n) is 9.88. The molecule has 2 nitrogen and oxygen atoms in total. The largest absolute Gasteiger partial charge is 0.460 e. The molecular weight excluding hydrogens is 414 g/mol. The summed E-state index contributed by atoms with van der Waals surface area (Å²) in [5, 5.41) is 0. The molecule has 0 aliphatic heterocycles. The molecule has 1 aromatic heterocycles. The van der Waals surface area contributed by atoms with E-state index in [2.05, 4.69) is 55.2 Å². The number of nitrogens with zero attached hydrogens (tertiary/aromatic N) is 1. The van der Waals surface area contributed by atoms with Crippen LogP contribution in [0.5, 0.6) is 0 Å². The summed E-state index contributed by atoms with van der Waals surface area (Å²) in [6, 6.07) is 13.1. The van der Waals surface area contributed by atoms with Crippen LogP contribution in [0.1, 0.15) is 133 Å². The molecule has 0 atom stereocenters. The number of hydrogen-bond acceptors (Lipinski definition) is 2. The molecule has 190 valence electrons. The van der Waals surface area contributed by atoms with Gasteiger partial charge in [0.2, 0.25) is 0 Å². The van der Waals surface area contributed by atoms with E-state index in [1.165, 1.54) is 114 Å². The van der Waals surface area contributed by atoms with Crippen molar-refractivity contribution in [1.29, 1.82) is 0 Å². The molecule has 1 aromatic carbocycles. The second kappa shape index (κ2) is 19.5. The van der Waals surface area contributed by atoms with E-state index in [9.17, 15) is 0 Å². The molecule has 0 bridgehead atoms. The Balaban J connectivity index is 1.28. The summed E-state index contributed by atoms with van der Waals surface area (Å²) in [5.41, 5.74) is 2.82. The zero-order valence-electron chi connectivity index (χ0n) is 22.3. The zero-order valence-corrected chi connectivity index (χ0v) is 22.3. The summed E-state index contributed by atoms with van der Waals surface area (Å²) >= 11 is 0. The maximum atomic E-state index is 5.85. The molecule has 2 aromatic rings. The minimum absolute atomic E-state index is 0.924. The van der Waals surface area contributed by atoms with E-state index >= 15 is 0 Å². The Bertz CT molecular complexity index is 724. The van der Waals surface area contributed by atoms with Crippen LogP contribution in [0, 0.1) is 0 Å². The van der Waals surface area contributed by atoms with E-state index in [4.69, 9.17) is 4.42 Å². The first-order valence-electron chi connectivity index (χ1n) is 14.5. The fourth-order valence-corrected chi connectivity index (χ4v) is 4.78. The first-order chi connectivity index (χ1) is 16.8. The molecule has 0 aliphatic rings. The lowest BCUT2D eigenvalue weighted by Gasteiger charge is -2.04. The minimum atomic E-state index is 0.924. The molecule has 0 N–H and O–H groups in total. The van der Waals surface area contributed by atoms with Crippen molar-refractivity contribution in [3.63, 3.8) is 0 Å². The summed E-state index contributed by atoms with van der Waals surface area (Å²) in [7, 11) is 0. The van der Waals surface area contributed by atoms with Gasteiger partial charge in [-0.2, -0.15) is 0 Å². The highest BCUT2D eigenvalue weighted by Gasteiger charge is 2.05. The summed E-state index contributed by atoms with van der Waals surface area (Å²) in [5.74, 6) is 2.04. The Morgan fingerprint density at radius 3 is 1.68 bits per heavy atom. The molecular formula is C32H51NO. The van der Waals surface area contributed by atoms with Crippen LogP contribution in [-0.2, 0) is 19.3 Å². The van der Waals surface area contributed by atoms with Crippen molar-refractivity contribution in [2.45, 2.75) is 129 Å². The summed E-state index contributed by atoms with van der Waals surface area (Å²) in [6.45, 7) is 5.26. The quantitative estimate of drug-likeness (QED) is 0.133. The van der Waals surface area contributed by atoms with Crippen molar-refractivity contribution >= 4 is 6.21 Å². The predicted molar refractivity (Wildman–Crippen MR) is 149 cm³/mol. The highest BCUT2D eigenvalue weighted by Crippen LogP contribution is 2.16. The summed E-state index contributed by atoms with van der Waals surface area (Å²) in [4.78, 5) is 4.56. The van der Waals surface area contributed by atoms with E-state index in [-0.39, 0.29) is 0 Å². The van der Waals surface area contributed by atoms with Gasteiger partial charge in [-0.1, -0.05) is 128 Å². The van der Waals surface area contributed by atoms with Crippen LogP contribution < -0.4 is 0 Å². The Hall–Kier alpha value is -1.83. The molecule has 1 heterocycles. The van der Waals surface area contributed by atoms with Crippen LogP contribution in [0.3, 0.4) is 0 Å². The number of unbranched alkanes of at least 4 members (excludes halogenated alkanes) is 14. The average molecular weight is 466 g/mol. The van der Waals surface area contributed by atoms with Crippen LogP contribution in [0.25, 0.3) is 0 Å². The average Bonchev–Trinajstić information content (AvgIpc) is 3.28. The van der Waals surface area contributed by atoms with Crippen LogP contribution in [-0.4, -0.2) is 12.8 Å². The van der Waals surface area contributed by atoms with E-state index in [1.807, 2.05) is 6.21 Å². The highest BCUT2D eigenvalue weighted by molar-refractivity contribution is 5.76. The van der Waals surface area contributed by atoms with Gasteiger partial charge in [-0.15, -0.1) is 0 Å². The molecule has 0 fully saturated rings. The van der Waals surface area contributed by atoms with Gasteiger partial charge in [0, 0.05) is 13.0 Å². The van der Waals surface area contributed by atoms with Gasteiger partial charge in [0.15, 0.2) is 0 Å². The number of benzene rings is 1. The van der Waals surface area contributed by atoms with Crippen molar-refractivity contribution < 1.29 is 4.42 Å². The van der Waals surface area contributed by atoms with Crippen molar-refractivity contribution in [2.75, 3.05) is 6.54 Å². The normalized spacial score (nSPS) is 11.6. The minimum Gasteiger partial charge on any atom is -0.460 e. The smallest absolute Gasteiger partial charge is 0.145 e. The van der Waals surface area contributed by atoms with Gasteiger partial charge < -0.3 is 4.42 Å². The third kappa shape index (κ3) is 13.2. The zero-order chi connectivity index (χ0) is 24.1. The first kappa shape index (κ1) is 28.4. The molecule has 2 rings (SSSR count). The number of furan rings is 1. The standard InChI is InChI=1S/C32H51NO/c1-3-30-27-31(34-32(30)4-2)28-33-26-22-17-15-13-11-9-7-5-6-8-10-12-14-16-19-23-29-24-20-18-21-25-29/h18,20-21,24-25,27-28H,3-17,19,22-23,26H2,1-2H3. The van der Waals surface area contributed by atoms with Gasteiger partial charge in [-0.05, 0) is 42.9 Å². The fourth-order valence-electron chi connectivity index (χ4n) is 4.78. The van der Waals surface area contributed by atoms with Crippen LogP contribution in [0.2, 0.25) is 0 Å². The second-order valence-corrected chi connectivity index (χ2v) is 9.88. The van der Waals surface area contributed by atoms with Crippen molar-refractivity contribution in [3.05, 3.63) is 59.0 Å². The molecule has 0 radical (unpaired) electrons. The topological polar surface area (TPSA) is 25.5 Å². The Morgan fingerprint density at radius 1 is 0.647 bits per heavy atom. The van der Waals surface area contributed by atoms with Crippen LogP contribution in [0.15, 0.2) is 45.8 Å². The van der Waals surface area contributed by atoms with Crippen molar-refractivity contribution in [1.82, 2.24) is 0 Å². The molecule has 2 heteroatoms. The Kier molecular flexibility index (Phi) is 16.3. The maximum absolute atomic E-state index is 5.85. The molecule has 0 spiro atoms. The molecule has 0 amide bonds. The monoisotopic (exact) mass is 465 g/mol. The summed E-state index contributed by atoms with van der Waals surface area (Å²) < 4.78 is 5.85. The predicted octanol–water partition coefficient (Wildman–Crippen LogP) is 9.92. The highest BCUT2D eigenvalue weighted by atomic mass is 16.3. The molecule has 0 saturated carbocycles. The molecule has 34 heavy (non-hydrogen) atoms. The number of hydrogen-bond donors (Lipinski definition) is 0. The number of aryl methyl sites for hydroxylation is 3. The van der Waals surface area contributed by atoms with Gasteiger partial charge in [0.1, 0.15) is 11.5 Å². The van der Waals surface area contributed by atoms with Crippen LogP contribution >= 0.6 is 0 Å². The number of rotatable bonds is 21. The lowest BCUT2D eigenvalue weighted by Crippen LogP contribution is -1.86. The lowest BCUT2D eigenvalue weighted by molar-refractivity contribution is 0.506. The summed E-state index contributed by atoms with van der Waals surface area (Å²) in [6.07, 6.45) is 26.1. The van der Waals surface area contributed by atoms with Gasteiger partial charge >= 0.3 is 0 Å². The third-order valence-electron chi connectivity index (χ3n) is 6.93. The Labute approximate surface area is 210 Å². The fraction of sp³-hybridized carbons (Fsp3) is 0.656. The van der Waals surface area contributed by atoms with Crippen LogP contribution in [0.4, 0.5) is 0 Å². The van der Waals surface area contributed by atoms with Gasteiger partial charge in [0.05, 0.1) is 6.21 Å². The van der Waals surface area contributed by atoms with E-state index in [1.54, 1.807) is 0 Å². The van der Waals surface area contributed by atoms with Gasteiger partial charge in [-0.3, -0.25) is 4.99 Å². The first-order valence-corrected chi connectivity index (χ1v) is 14.5. The van der Waals surface area contributed by atoms with Gasteiger partial charge in [0.25, 0.3) is 0 Å².